The van der Waals surface area contributed by atoms with Gasteiger partial charge < -0.3 is 10.1 Å². The van der Waals surface area contributed by atoms with Crippen LogP contribution in [0.15, 0.2) is 48.5 Å². The second-order valence-electron chi connectivity index (χ2n) is 4.79. The smallest absolute Gasteiger partial charge is 0.338 e. The molecule has 0 radical (unpaired) electrons. The van der Waals surface area contributed by atoms with Crippen molar-refractivity contribution in [1.82, 2.24) is 5.32 Å². The van der Waals surface area contributed by atoms with Crippen LogP contribution in [0.25, 0.3) is 0 Å². The van der Waals surface area contributed by atoms with E-state index in [0.717, 1.165) is 11.6 Å². The zero-order valence-corrected chi connectivity index (χ0v) is 13.2. The van der Waals surface area contributed by atoms with Gasteiger partial charge in [-0.25, -0.2) is 4.79 Å². The molecule has 2 aromatic carbocycles. The van der Waals surface area contributed by atoms with Gasteiger partial charge in [0.15, 0.2) is 6.61 Å². The Kier molecular flexibility index (Phi) is 5.86. The lowest BCUT2D eigenvalue weighted by Crippen LogP contribution is -2.28. The highest BCUT2D eigenvalue weighted by Gasteiger charge is 2.14. The van der Waals surface area contributed by atoms with Gasteiger partial charge in [-0.1, -0.05) is 29.8 Å². The van der Waals surface area contributed by atoms with Crippen molar-refractivity contribution in [1.29, 1.82) is 0 Å². The predicted molar refractivity (Wildman–Crippen MR) is 86.7 cm³/mol. The number of carbonyl (C=O) groups excluding carboxylic acids is 2. The third kappa shape index (κ3) is 5.06. The first-order chi connectivity index (χ1) is 11.5. The van der Waals surface area contributed by atoms with E-state index in [1.807, 2.05) is 0 Å². The molecule has 24 heavy (non-hydrogen) atoms. The van der Waals surface area contributed by atoms with Crippen molar-refractivity contribution in [2.24, 2.45) is 0 Å². The van der Waals surface area contributed by atoms with Crippen molar-refractivity contribution >= 4 is 29.2 Å². The topological polar surface area (TPSA) is 98.5 Å². The normalized spacial score (nSPS) is 10.0. The summed E-state index contributed by atoms with van der Waals surface area (Å²) in [6, 6.07) is 12.0. The first kappa shape index (κ1) is 17.4. The maximum absolute atomic E-state index is 11.8. The number of hydrogen-bond acceptors (Lipinski definition) is 5. The fraction of sp³-hybridized carbons (Fsp3) is 0.125. The number of hydrogen-bond donors (Lipinski definition) is 1. The Morgan fingerprint density at radius 1 is 1.17 bits per heavy atom. The highest BCUT2D eigenvalue weighted by molar-refractivity contribution is 6.30. The molecule has 2 rings (SSSR count). The molecule has 1 amide bonds. The van der Waals surface area contributed by atoms with Crippen LogP contribution in [0.2, 0.25) is 5.02 Å². The van der Waals surface area contributed by atoms with Crippen molar-refractivity contribution < 1.29 is 19.2 Å². The first-order valence-corrected chi connectivity index (χ1v) is 7.26. The summed E-state index contributed by atoms with van der Waals surface area (Å²) < 4.78 is 4.84. The zero-order chi connectivity index (χ0) is 17.5. The lowest BCUT2D eigenvalue weighted by molar-refractivity contribution is -0.384. The maximum Gasteiger partial charge on any atom is 0.338 e. The van der Waals surface area contributed by atoms with E-state index in [4.69, 9.17) is 16.3 Å². The van der Waals surface area contributed by atoms with Crippen LogP contribution in [0.5, 0.6) is 0 Å². The molecule has 0 aliphatic carbocycles. The molecule has 124 valence electrons. The molecule has 0 bridgehead atoms. The van der Waals surface area contributed by atoms with Crippen molar-refractivity contribution in [3.63, 3.8) is 0 Å². The van der Waals surface area contributed by atoms with Gasteiger partial charge in [0, 0.05) is 23.7 Å². The van der Waals surface area contributed by atoms with Crippen molar-refractivity contribution in [2.45, 2.75) is 6.54 Å². The quantitative estimate of drug-likeness (QED) is 0.491. The Balaban J connectivity index is 1.82. The monoisotopic (exact) mass is 348 g/mol. The SMILES string of the molecule is O=C(COC(=O)c1cccc([N+](=O)[O-])c1)NCc1ccc(Cl)cc1. The summed E-state index contributed by atoms with van der Waals surface area (Å²) in [7, 11) is 0. The summed E-state index contributed by atoms with van der Waals surface area (Å²) in [6.07, 6.45) is 0. The van der Waals surface area contributed by atoms with Crippen molar-refractivity contribution in [3.05, 3.63) is 74.8 Å². The summed E-state index contributed by atoms with van der Waals surface area (Å²) in [5, 5.41) is 13.8. The van der Waals surface area contributed by atoms with E-state index >= 15 is 0 Å². The van der Waals surface area contributed by atoms with E-state index in [-0.39, 0.29) is 17.8 Å². The van der Waals surface area contributed by atoms with Crippen LogP contribution in [0.1, 0.15) is 15.9 Å². The zero-order valence-electron chi connectivity index (χ0n) is 12.4. The van der Waals surface area contributed by atoms with Crippen LogP contribution in [-0.4, -0.2) is 23.4 Å². The molecule has 0 aliphatic heterocycles. The fourth-order valence-electron chi connectivity index (χ4n) is 1.81. The largest absolute Gasteiger partial charge is 0.452 e. The molecule has 0 atom stereocenters. The number of nitrogens with one attached hydrogen (secondary N) is 1. The van der Waals surface area contributed by atoms with Crippen LogP contribution in [0, 0.1) is 10.1 Å². The third-order valence-corrected chi connectivity index (χ3v) is 3.28. The number of rotatable bonds is 6. The Labute approximate surface area is 142 Å². The number of nitro groups is 1. The van der Waals surface area contributed by atoms with Gasteiger partial charge in [-0.2, -0.15) is 0 Å². The van der Waals surface area contributed by atoms with E-state index in [1.54, 1.807) is 24.3 Å². The first-order valence-electron chi connectivity index (χ1n) is 6.88. The summed E-state index contributed by atoms with van der Waals surface area (Å²) in [5.74, 6) is -1.29. The molecule has 2 aromatic rings. The summed E-state index contributed by atoms with van der Waals surface area (Å²) in [4.78, 5) is 33.5. The minimum absolute atomic E-state index is 0.00898. The minimum Gasteiger partial charge on any atom is -0.452 e. The van der Waals surface area contributed by atoms with Gasteiger partial charge >= 0.3 is 5.97 Å². The minimum atomic E-state index is -0.805. The van der Waals surface area contributed by atoms with E-state index in [2.05, 4.69) is 5.32 Å². The second kappa shape index (κ2) is 8.07. The lowest BCUT2D eigenvalue weighted by Gasteiger charge is -2.07. The number of halogens is 1. The molecule has 0 heterocycles. The lowest BCUT2D eigenvalue weighted by atomic mass is 10.2. The van der Waals surface area contributed by atoms with Gasteiger partial charge in [-0.05, 0) is 23.8 Å². The van der Waals surface area contributed by atoms with Gasteiger partial charge in [0.2, 0.25) is 0 Å². The summed E-state index contributed by atoms with van der Waals surface area (Å²) in [5.41, 5.74) is 0.629. The van der Waals surface area contributed by atoms with Crippen LogP contribution < -0.4 is 5.32 Å². The Hall–Kier alpha value is -2.93. The number of carbonyl (C=O) groups is 2. The molecule has 0 aliphatic rings. The summed E-state index contributed by atoms with van der Waals surface area (Å²) in [6.45, 7) is -0.209. The molecule has 7 nitrogen and oxygen atoms in total. The molecule has 0 saturated carbocycles. The van der Waals surface area contributed by atoms with Crippen molar-refractivity contribution in [2.75, 3.05) is 6.61 Å². The molecule has 8 heteroatoms. The van der Waals surface area contributed by atoms with Crippen molar-refractivity contribution in [3.8, 4) is 0 Å². The van der Waals surface area contributed by atoms with Crippen LogP contribution >= 0.6 is 11.6 Å². The molecular weight excluding hydrogens is 336 g/mol. The van der Waals surface area contributed by atoms with E-state index in [1.165, 1.54) is 18.2 Å². The number of nitro benzene ring substituents is 1. The Morgan fingerprint density at radius 2 is 1.88 bits per heavy atom. The molecule has 0 unspecified atom stereocenters. The number of non-ortho nitro benzene ring substituents is 1. The number of benzene rings is 2. The van der Waals surface area contributed by atoms with Crippen LogP contribution in [-0.2, 0) is 16.1 Å². The van der Waals surface area contributed by atoms with E-state index < -0.39 is 23.4 Å². The van der Waals surface area contributed by atoms with Gasteiger partial charge in [0.25, 0.3) is 11.6 Å². The van der Waals surface area contributed by atoms with E-state index in [9.17, 15) is 19.7 Å². The fourth-order valence-corrected chi connectivity index (χ4v) is 1.94. The Bertz CT molecular complexity index is 761. The summed E-state index contributed by atoms with van der Waals surface area (Å²) >= 11 is 5.76. The maximum atomic E-state index is 11.8. The molecule has 0 aromatic heterocycles. The molecule has 1 N–H and O–H groups in total. The number of amides is 1. The molecule has 0 saturated heterocycles. The second-order valence-corrected chi connectivity index (χ2v) is 5.22. The number of esters is 1. The molecular formula is C16H13ClN2O5. The average molecular weight is 349 g/mol. The average Bonchev–Trinajstić information content (AvgIpc) is 2.59. The van der Waals surface area contributed by atoms with Crippen LogP contribution in [0.3, 0.4) is 0 Å². The standard InChI is InChI=1S/C16H13ClN2O5/c17-13-6-4-11(5-7-13)9-18-15(20)10-24-16(21)12-2-1-3-14(8-12)19(22)23/h1-8H,9-10H2,(H,18,20). The highest BCUT2D eigenvalue weighted by atomic mass is 35.5. The van der Waals surface area contributed by atoms with E-state index in [0.29, 0.717) is 5.02 Å². The number of nitrogens with zero attached hydrogens (tertiary/aromatic N) is 1. The Morgan fingerprint density at radius 3 is 2.54 bits per heavy atom. The van der Waals surface area contributed by atoms with Gasteiger partial charge in [0.05, 0.1) is 10.5 Å². The molecule has 0 spiro atoms. The van der Waals surface area contributed by atoms with Gasteiger partial charge in [-0.15, -0.1) is 0 Å². The van der Waals surface area contributed by atoms with Crippen LogP contribution in [0.4, 0.5) is 5.69 Å². The third-order valence-electron chi connectivity index (χ3n) is 3.03. The molecule has 0 fully saturated rings. The van der Waals surface area contributed by atoms with Gasteiger partial charge in [-0.3, -0.25) is 14.9 Å². The van der Waals surface area contributed by atoms with Gasteiger partial charge in [0.1, 0.15) is 0 Å². The number of ether oxygens (including phenoxy) is 1. The predicted octanol–water partition coefficient (Wildman–Crippen LogP) is 2.72. The highest BCUT2D eigenvalue weighted by Crippen LogP contribution is 2.14.